The van der Waals surface area contributed by atoms with Crippen molar-refractivity contribution < 1.29 is 14.7 Å². The number of benzene rings is 1. The molecule has 100 valence electrons. The Bertz CT molecular complexity index is 485. The predicted molar refractivity (Wildman–Crippen MR) is 70.7 cm³/mol. The van der Waals surface area contributed by atoms with E-state index in [0.717, 1.165) is 6.42 Å². The van der Waals surface area contributed by atoms with Crippen LogP contribution in [-0.4, -0.2) is 35.1 Å². The number of urea groups is 1. The number of nitrogens with zero attached hydrogens (tertiary/aromatic N) is 1. The Morgan fingerprint density at radius 2 is 1.95 bits per heavy atom. The van der Waals surface area contributed by atoms with Gasteiger partial charge >= 0.3 is 12.0 Å². The molecule has 0 spiro atoms. The van der Waals surface area contributed by atoms with Crippen LogP contribution in [0, 0.1) is 0 Å². The van der Waals surface area contributed by atoms with Crippen molar-refractivity contribution in [3.8, 4) is 0 Å². The van der Waals surface area contributed by atoms with Gasteiger partial charge in [0, 0.05) is 13.1 Å². The van der Waals surface area contributed by atoms with Crippen molar-refractivity contribution in [1.82, 2.24) is 10.2 Å². The van der Waals surface area contributed by atoms with E-state index in [2.05, 4.69) is 5.32 Å². The Morgan fingerprint density at radius 3 is 2.53 bits per heavy atom. The SMILES string of the molecule is O=C(O)[C@@H](NC(=O)N1CC=CCC1)c1ccccc1. The van der Waals surface area contributed by atoms with Crippen LogP contribution in [0.2, 0.25) is 0 Å². The lowest BCUT2D eigenvalue weighted by Crippen LogP contribution is -2.45. The number of carboxylic acids is 1. The zero-order valence-electron chi connectivity index (χ0n) is 10.5. The third-order valence-electron chi connectivity index (χ3n) is 2.99. The quantitative estimate of drug-likeness (QED) is 0.814. The van der Waals surface area contributed by atoms with Crippen molar-refractivity contribution in [3.63, 3.8) is 0 Å². The van der Waals surface area contributed by atoms with Crippen LogP contribution < -0.4 is 5.32 Å². The number of carbonyl (C=O) groups excluding carboxylic acids is 1. The fraction of sp³-hybridized carbons (Fsp3) is 0.286. The van der Waals surface area contributed by atoms with E-state index in [0.29, 0.717) is 18.7 Å². The highest BCUT2D eigenvalue weighted by Gasteiger charge is 2.24. The maximum atomic E-state index is 12.0. The standard InChI is InChI=1S/C14H16N2O3/c17-13(18)12(11-7-3-1-4-8-11)15-14(19)16-9-5-2-6-10-16/h1-5,7-8,12H,6,9-10H2,(H,15,19)(H,17,18)/t12-/m0/s1. The van der Waals surface area contributed by atoms with Gasteiger partial charge in [-0.05, 0) is 12.0 Å². The van der Waals surface area contributed by atoms with Gasteiger partial charge in [0.15, 0.2) is 6.04 Å². The van der Waals surface area contributed by atoms with Crippen LogP contribution in [0.3, 0.4) is 0 Å². The number of hydrogen-bond donors (Lipinski definition) is 2. The molecule has 2 N–H and O–H groups in total. The molecule has 5 heteroatoms. The average molecular weight is 260 g/mol. The van der Waals surface area contributed by atoms with E-state index in [-0.39, 0.29) is 6.03 Å². The number of nitrogens with one attached hydrogen (secondary N) is 1. The molecule has 1 aromatic rings. The average Bonchev–Trinajstić information content (AvgIpc) is 2.46. The minimum Gasteiger partial charge on any atom is -0.479 e. The predicted octanol–water partition coefficient (Wildman–Crippen LogP) is 1.78. The van der Waals surface area contributed by atoms with Crippen molar-refractivity contribution in [2.75, 3.05) is 13.1 Å². The molecule has 2 amide bonds. The Kier molecular flexibility index (Phi) is 4.18. The van der Waals surface area contributed by atoms with E-state index in [9.17, 15) is 14.7 Å². The molecule has 1 aliphatic rings. The molecule has 1 heterocycles. The molecule has 0 fully saturated rings. The van der Waals surface area contributed by atoms with Crippen LogP contribution in [0.4, 0.5) is 4.79 Å². The summed E-state index contributed by atoms with van der Waals surface area (Å²) in [6.45, 7) is 1.14. The van der Waals surface area contributed by atoms with Gasteiger partial charge in [-0.25, -0.2) is 9.59 Å². The highest BCUT2D eigenvalue weighted by Crippen LogP contribution is 2.13. The molecular weight excluding hydrogens is 244 g/mol. The van der Waals surface area contributed by atoms with Crippen LogP contribution in [-0.2, 0) is 4.79 Å². The number of carboxylic acid groups (broad SMARTS) is 1. The maximum absolute atomic E-state index is 12.0. The molecule has 1 atom stereocenters. The molecule has 1 aromatic carbocycles. The zero-order valence-corrected chi connectivity index (χ0v) is 10.5. The summed E-state index contributed by atoms with van der Waals surface area (Å²) >= 11 is 0. The minimum atomic E-state index is -1.06. The Balaban J connectivity index is 2.07. The first kappa shape index (κ1) is 13.1. The molecule has 0 saturated carbocycles. The van der Waals surface area contributed by atoms with E-state index in [1.807, 2.05) is 12.2 Å². The zero-order chi connectivity index (χ0) is 13.7. The molecule has 0 radical (unpaired) electrons. The summed E-state index contributed by atoms with van der Waals surface area (Å²) in [5.74, 6) is -1.06. The van der Waals surface area contributed by atoms with Gasteiger partial charge in [0.05, 0.1) is 0 Å². The lowest BCUT2D eigenvalue weighted by atomic mass is 10.1. The lowest BCUT2D eigenvalue weighted by molar-refractivity contribution is -0.139. The number of amides is 2. The topological polar surface area (TPSA) is 69.6 Å². The summed E-state index contributed by atoms with van der Waals surface area (Å²) in [5, 5.41) is 11.8. The second-order valence-corrected chi connectivity index (χ2v) is 4.34. The van der Waals surface area contributed by atoms with Crippen molar-refractivity contribution in [2.45, 2.75) is 12.5 Å². The van der Waals surface area contributed by atoms with Crippen LogP contribution in [0.1, 0.15) is 18.0 Å². The molecule has 2 rings (SSSR count). The molecular formula is C14H16N2O3. The van der Waals surface area contributed by atoms with Gasteiger partial charge in [-0.15, -0.1) is 0 Å². The second kappa shape index (κ2) is 6.04. The molecule has 5 nitrogen and oxygen atoms in total. The van der Waals surface area contributed by atoms with Crippen molar-refractivity contribution >= 4 is 12.0 Å². The molecule has 0 aliphatic carbocycles. The fourth-order valence-corrected chi connectivity index (χ4v) is 1.97. The third kappa shape index (κ3) is 3.34. The first-order valence-corrected chi connectivity index (χ1v) is 6.16. The van der Waals surface area contributed by atoms with Crippen molar-refractivity contribution in [2.24, 2.45) is 0 Å². The Hall–Kier alpha value is -2.30. The van der Waals surface area contributed by atoms with Crippen molar-refractivity contribution in [1.29, 1.82) is 0 Å². The van der Waals surface area contributed by atoms with Gasteiger partial charge in [-0.1, -0.05) is 42.5 Å². The summed E-state index contributed by atoms with van der Waals surface area (Å²) in [5.41, 5.74) is 0.566. The van der Waals surface area contributed by atoms with E-state index >= 15 is 0 Å². The first-order valence-electron chi connectivity index (χ1n) is 6.16. The van der Waals surface area contributed by atoms with Gasteiger partial charge in [-0.3, -0.25) is 0 Å². The molecule has 0 aromatic heterocycles. The summed E-state index contributed by atoms with van der Waals surface area (Å²) in [6, 6.07) is 7.33. The van der Waals surface area contributed by atoms with Crippen LogP contribution in [0.25, 0.3) is 0 Å². The van der Waals surface area contributed by atoms with Crippen LogP contribution in [0.15, 0.2) is 42.5 Å². The summed E-state index contributed by atoms with van der Waals surface area (Å²) < 4.78 is 0. The second-order valence-electron chi connectivity index (χ2n) is 4.34. The van der Waals surface area contributed by atoms with Crippen LogP contribution >= 0.6 is 0 Å². The largest absolute Gasteiger partial charge is 0.479 e. The molecule has 0 bridgehead atoms. The number of rotatable bonds is 3. The van der Waals surface area contributed by atoms with E-state index in [4.69, 9.17) is 0 Å². The van der Waals surface area contributed by atoms with Gasteiger partial charge < -0.3 is 15.3 Å². The minimum absolute atomic E-state index is 0.347. The molecule has 1 aliphatic heterocycles. The maximum Gasteiger partial charge on any atom is 0.330 e. The number of aliphatic carboxylic acids is 1. The Morgan fingerprint density at radius 1 is 1.21 bits per heavy atom. The fourth-order valence-electron chi connectivity index (χ4n) is 1.97. The van der Waals surface area contributed by atoms with Gasteiger partial charge in [0.2, 0.25) is 0 Å². The van der Waals surface area contributed by atoms with Crippen LogP contribution in [0.5, 0.6) is 0 Å². The lowest BCUT2D eigenvalue weighted by Gasteiger charge is -2.25. The Labute approximate surface area is 111 Å². The molecule has 0 unspecified atom stereocenters. The third-order valence-corrected chi connectivity index (χ3v) is 2.99. The molecule has 19 heavy (non-hydrogen) atoms. The normalized spacial score (nSPS) is 15.9. The molecule has 0 saturated heterocycles. The number of hydrogen-bond acceptors (Lipinski definition) is 2. The smallest absolute Gasteiger partial charge is 0.330 e. The number of carbonyl (C=O) groups is 2. The summed E-state index contributed by atoms with van der Waals surface area (Å²) in [4.78, 5) is 24.9. The first-order chi connectivity index (χ1) is 9.18. The van der Waals surface area contributed by atoms with E-state index in [1.165, 1.54) is 0 Å². The van der Waals surface area contributed by atoms with E-state index in [1.54, 1.807) is 35.2 Å². The highest BCUT2D eigenvalue weighted by atomic mass is 16.4. The van der Waals surface area contributed by atoms with E-state index < -0.39 is 12.0 Å². The van der Waals surface area contributed by atoms with Gasteiger partial charge in [0.25, 0.3) is 0 Å². The monoisotopic (exact) mass is 260 g/mol. The summed E-state index contributed by atoms with van der Waals surface area (Å²) in [6.07, 6.45) is 4.72. The van der Waals surface area contributed by atoms with Crippen molar-refractivity contribution in [3.05, 3.63) is 48.0 Å². The highest BCUT2D eigenvalue weighted by molar-refractivity contribution is 5.83. The summed E-state index contributed by atoms with van der Waals surface area (Å²) in [7, 11) is 0. The van der Waals surface area contributed by atoms with Gasteiger partial charge in [0.1, 0.15) is 0 Å². The van der Waals surface area contributed by atoms with Gasteiger partial charge in [-0.2, -0.15) is 0 Å².